The number of aromatic nitrogens is 2. The molecule has 1 heterocycles. The van der Waals surface area contributed by atoms with Crippen molar-refractivity contribution in [1.29, 1.82) is 0 Å². The highest BCUT2D eigenvalue weighted by Crippen LogP contribution is 2.27. The van der Waals surface area contributed by atoms with Crippen LogP contribution in [0.25, 0.3) is 0 Å². The summed E-state index contributed by atoms with van der Waals surface area (Å²) >= 11 is 9.76. The third kappa shape index (κ3) is 3.11. The fourth-order valence-electron chi connectivity index (χ4n) is 1.64. The predicted octanol–water partition coefficient (Wildman–Crippen LogP) is 4.43. The first-order chi connectivity index (χ1) is 8.20. The maximum absolute atomic E-state index is 6.18. The van der Waals surface area contributed by atoms with Crippen LogP contribution in [-0.4, -0.2) is 9.78 Å². The number of benzene rings is 1. The fraction of sp³-hybridized carbons (Fsp3) is 0.308. The Hall–Kier alpha value is -0.800. The van der Waals surface area contributed by atoms with Crippen molar-refractivity contribution in [3.63, 3.8) is 0 Å². The van der Waals surface area contributed by atoms with Crippen LogP contribution in [0, 0.1) is 0 Å². The van der Waals surface area contributed by atoms with Crippen molar-refractivity contribution in [3.8, 4) is 0 Å². The van der Waals surface area contributed by atoms with Crippen LogP contribution in [0.15, 0.2) is 36.4 Å². The van der Waals surface area contributed by atoms with Gasteiger partial charge in [0.2, 0.25) is 0 Å². The molecule has 2 rings (SSSR count). The van der Waals surface area contributed by atoms with Gasteiger partial charge in [-0.3, -0.25) is 0 Å². The second-order valence-corrected chi connectivity index (χ2v) is 5.40. The molecular formula is C13H14BrClN2. The summed E-state index contributed by atoms with van der Waals surface area (Å²) in [6.07, 6.45) is 0.999. The summed E-state index contributed by atoms with van der Waals surface area (Å²) in [4.78, 5) is 0.275. The summed E-state index contributed by atoms with van der Waals surface area (Å²) in [5, 5.41) is 5.20. The van der Waals surface area contributed by atoms with Crippen LogP contribution in [0.3, 0.4) is 0 Å². The van der Waals surface area contributed by atoms with Gasteiger partial charge in [0.15, 0.2) is 0 Å². The molecule has 2 nitrogen and oxygen atoms in total. The van der Waals surface area contributed by atoms with Gasteiger partial charge in [0.25, 0.3) is 0 Å². The van der Waals surface area contributed by atoms with Crippen LogP contribution in [0.4, 0.5) is 0 Å². The van der Waals surface area contributed by atoms with Gasteiger partial charge in [0.1, 0.15) is 5.15 Å². The fourth-order valence-corrected chi connectivity index (χ4v) is 2.08. The molecule has 90 valence electrons. The molecule has 0 saturated heterocycles. The summed E-state index contributed by atoms with van der Waals surface area (Å²) in [5.74, 6) is 0. The second-order valence-electron chi connectivity index (χ2n) is 3.91. The number of hydrogen-bond acceptors (Lipinski definition) is 1. The van der Waals surface area contributed by atoms with Gasteiger partial charge in [-0.15, -0.1) is 0 Å². The number of nitrogens with zero attached hydrogens (tertiary/aromatic N) is 2. The number of halogens is 2. The minimum Gasteiger partial charge on any atom is -0.249 e. The molecule has 0 aliphatic rings. The van der Waals surface area contributed by atoms with Crippen molar-refractivity contribution in [2.24, 2.45) is 0 Å². The largest absolute Gasteiger partial charge is 0.249 e. The molecule has 4 heteroatoms. The molecule has 0 aliphatic carbocycles. The number of rotatable bonds is 4. The Morgan fingerprint density at radius 1 is 1.35 bits per heavy atom. The molecule has 17 heavy (non-hydrogen) atoms. The van der Waals surface area contributed by atoms with Gasteiger partial charge in [-0.1, -0.05) is 64.8 Å². The van der Waals surface area contributed by atoms with Gasteiger partial charge in [0, 0.05) is 0 Å². The predicted molar refractivity (Wildman–Crippen MR) is 74.7 cm³/mol. The lowest BCUT2D eigenvalue weighted by atomic mass is 10.2. The Kier molecular flexibility index (Phi) is 4.24. The van der Waals surface area contributed by atoms with Gasteiger partial charge in [-0.2, -0.15) is 5.10 Å². The SMILES string of the molecule is CCC(Br)c1cc(Cl)n(Cc2ccccc2)n1. The maximum Gasteiger partial charge on any atom is 0.127 e. The monoisotopic (exact) mass is 312 g/mol. The number of alkyl halides is 1. The van der Waals surface area contributed by atoms with Crippen molar-refractivity contribution in [1.82, 2.24) is 9.78 Å². The van der Waals surface area contributed by atoms with E-state index in [9.17, 15) is 0 Å². The molecule has 0 fully saturated rings. The molecule has 0 N–H and O–H groups in total. The molecule has 1 aromatic carbocycles. The van der Waals surface area contributed by atoms with E-state index < -0.39 is 0 Å². The van der Waals surface area contributed by atoms with Crippen molar-refractivity contribution in [2.75, 3.05) is 0 Å². The molecule has 1 unspecified atom stereocenters. The van der Waals surface area contributed by atoms with E-state index in [0.29, 0.717) is 11.7 Å². The molecular weight excluding hydrogens is 300 g/mol. The van der Waals surface area contributed by atoms with Crippen molar-refractivity contribution in [2.45, 2.75) is 24.7 Å². The van der Waals surface area contributed by atoms with Crippen LogP contribution in [0.2, 0.25) is 5.15 Å². The van der Waals surface area contributed by atoms with Crippen LogP contribution in [0.5, 0.6) is 0 Å². The molecule has 1 aromatic heterocycles. The lowest BCUT2D eigenvalue weighted by molar-refractivity contribution is 0.668. The zero-order chi connectivity index (χ0) is 12.3. The summed E-state index contributed by atoms with van der Waals surface area (Å²) in [6, 6.07) is 12.1. The lowest BCUT2D eigenvalue weighted by Gasteiger charge is -2.04. The van der Waals surface area contributed by atoms with Crippen LogP contribution < -0.4 is 0 Å². The average Bonchev–Trinajstić information content (AvgIpc) is 2.71. The van der Waals surface area contributed by atoms with E-state index in [1.165, 1.54) is 5.56 Å². The standard InChI is InChI=1S/C13H14BrClN2/c1-2-11(14)12-8-13(15)17(16-12)9-10-6-4-3-5-7-10/h3-8,11H,2,9H2,1H3. The first-order valence-electron chi connectivity index (χ1n) is 5.62. The van der Waals surface area contributed by atoms with Crippen molar-refractivity contribution in [3.05, 3.63) is 52.8 Å². The Morgan fingerprint density at radius 3 is 2.71 bits per heavy atom. The Morgan fingerprint density at radius 2 is 2.06 bits per heavy atom. The van der Waals surface area contributed by atoms with Gasteiger partial charge in [-0.25, -0.2) is 4.68 Å². The van der Waals surface area contributed by atoms with E-state index in [-0.39, 0.29) is 4.83 Å². The van der Waals surface area contributed by atoms with Crippen LogP contribution in [0.1, 0.15) is 29.4 Å². The minimum absolute atomic E-state index is 0.275. The maximum atomic E-state index is 6.18. The molecule has 0 radical (unpaired) electrons. The molecule has 2 aromatic rings. The van der Waals surface area contributed by atoms with Gasteiger partial charge in [-0.05, 0) is 18.1 Å². The molecule has 0 saturated carbocycles. The lowest BCUT2D eigenvalue weighted by Crippen LogP contribution is -2.02. The molecule has 0 bridgehead atoms. The highest BCUT2D eigenvalue weighted by atomic mass is 79.9. The summed E-state index contributed by atoms with van der Waals surface area (Å²) in [6.45, 7) is 2.83. The number of hydrogen-bond donors (Lipinski definition) is 0. The smallest absolute Gasteiger partial charge is 0.127 e. The Labute approximate surface area is 115 Å². The van der Waals surface area contributed by atoms with E-state index in [2.05, 4.69) is 40.1 Å². The van der Waals surface area contributed by atoms with Crippen molar-refractivity contribution < 1.29 is 0 Å². The van der Waals surface area contributed by atoms with E-state index in [1.54, 1.807) is 0 Å². The molecule has 1 atom stereocenters. The van der Waals surface area contributed by atoms with E-state index in [1.807, 2.05) is 28.9 Å². The Bertz CT molecular complexity index is 481. The summed E-state index contributed by atoms with van der Waals surface area (Å²) in [5.41, 5.74) is 2.19. The molecule has 0 amide bonds. The van der Waals surface area contributed by atoms with Gasteiger partial charge < -0.3 is 0 Å². The average molecular weight is 314 g/mol. The summed E-state index contributed by atoms with van der Waals surface area (Å²) in [7, 11) is 0. The normalized spacial score (nSPS) is 12.6. The quantitative estimate of drug-likeness (QED) is 0.764. The van der Waals surface area contributed by atoms with Gasteiger partial charge >= 0.3 is 0 Å². The zero-order valence-electron chi connectivity index (χ0n) is 9.61. The first-order valence-corrected chi connectivity index (χ1v) is 6.91. The zero-order valence-corrected chi connectivity index (χ0v) is 11.9. The Balaban J connectivity index is 2.19. The van der Waals surface area contributed by atoms with E-state index in [0.717, 1.165) is 12.1 Å². The molecule has 0 spiro atoms. The van der Waals surface area contributed by atoms with Crippen molar-refractivity contribution >= 4 is 27.5 Å². The minimum atomic E-state index is 0.275. The van der Waals surface area contributed by atoms with Gasteiger partial charge in [0.05, 0.1) is 17.1 Å². The van der Waals surface area contributed by atoms with Crippen LogP contribution in [-0.2, 0) is 6.54 Å². The van der Waals surface area contributed by atoms with E-state index in [4.69, 9.17) is 11.6 Å². The third-order valence-electron chi connectivity index (χ3n) is 2.60. The molecule has 0 aliphatic heterocycles. The second kappa shape index (κ2) is 5.69. The third-order valence-corrected chi connectivity index (χ3v) is 4.03. The topological polar surface area (TPSA) is 17.8 Å². The van der Waals surface area contributed by atoms with Crippen LogP contribution >= 0.6 is 27.5 Å². The summed E-state index contributed by atoms with van der Waals surface area (Å²) < 4.78 is 1.83. The van der Waals surface area contributed by atoms with E-state index >= 15 is 0 Å². The first kappa shape index (κ1) is 12.7. The highest BCUT2D eigenvalue weighted by molar-refractivity contribution is 9.09. The highest BCUT2D eigenvalue weighted by Gasteiger charge is 2.12.